The molecule has 0 spiro atoms. The summed E-state index contributed by atoms with van der Waals surface area (Å²) in [6, 6.07) is 6.71. The minimum absolute atomic E-state index is 0.0390. The van der Waals surface area contributed by atoms with Crippen LogP contribution in [0, 0.1) is 28.6 Å². The molecule has 26 heavy (non-hydrogen) atoms. The van der Waals surface area contributed by atoms with E-state index in [2.05, 4.69) is 0 Å². The van der Waals surface area contributed by atoms with Gasteiger partial charge in [0.1, 0.15) is 35.1 Å². The van der Waals surface area contributed by atoms with E-state index in [1.165, 1.54) is 18.4 Å². The van der Waals surface area contributed by atoms with Crippen molar-refractivity contribution in [2.45, 2.75) is 24.5 Å². The first kappa shape index (κ1) is 18.2. The summed E-state index contributed by atoms with van der Waals surface area (Å²) in [5.74, 6) is -2.08. The summed E-state index contributed by atoms with van der Waals surface area (Å²) in [6.45, 7) is -0.358. The molecule has 5 unspecified atom stereocenters. The van der Waals surface area contributed by atoms with E-state index in [9.17, 15) is 30.6 Å². The van der Waals surface area contributed by atoms with Gasteiger partial charge in [-0.05, 0) is 12.1 Å². The first-order valence-electron chi connectivity index (χ1n) is 7.53. The molecule has 9 nitrogen and oxygen atoms in total. The van der Waals surface area contributed by atoms with E-state index >= 15 is 0 Å². The van der Waals surface area contributed by atoms with Gasteiger partial charge in [-0.2, -0.15) is 10.5 Å². The zero-order valence-corrected chi connectivity index (χ0v) is 14.0. The van der Waals surface area contributed by atoms with E-state index < -0.39 is 36.4 Å². The monoisotopic (exact) mass is 375 g/mol. The van der Waals surface area contributed by atoms with Crippen molar-refractivity contribution in [3.05, 3.63) is 29.7 Å². The van der Waals surface area contributed by atoms with Crippen molar-refractivity contribution in [3.8, 4) is 12.1 Å². The van der Waals surface area contributed by atoms with Crippen molar-refractivity contribution in [3.63, 3.8) is 0 Å². The maximum absolute atomic E-state index is 12.9. The van der Waals surface area contributed by atoms with Gasteiger partial charge in [0.25, 0.3) is 5.91 Å². The molecular weight excluding hydrogens is 362 g/mol. The molecule has 0 bridgehead atoms. The first-order chi connectivity index (χ1) is 12.4. The van der Waals surface area contributed by atoms with Crippen LogP contribution in [0.5, 0.6) is 0 Å². The van der Waals surface area contributed by atoms with Gasteiger partial charge in [-0.1, -0.05) is 12.2 Å². The Morgan fingerprint density at radius 2 is 2.00 bits per heavy atom. The zero-order chi connectivity index (χ0) is 19.0. The van der Waals surface area contributed by atoms with Crippen molar-refractivity contribution >= 4 is 28.7 Å². The van der Waals surface area contributed by atoms with Crippen molar-refractivity contribution in [2.24, 2.45) is 5.92 Å². The van der Waals surface area contributed by atoms with Gasteiger partial charge in [-0.25, -0.2) is 0 Å². The lowest BCUT2D eigenvalue weighted by atomic mass is 9.87. The molecule has 3 rings (SSSR count). The molecule has 3 heterocycles. The molecule has 0 radical (unpaired) electrons. The normalized spacial score (nSPS) is 32.3. The van der Waals surface area contributed by atoms with Gasteiger partial charge >= 0.3 is 0 Å². The fraction of sp³-hybridized carbons (Fsp3) is 0.375. The van der Waals surface area contributed by atoms with E-state index in [0.717, 1.165) is 4.90 Å². The van der Waals surface area contributed by atoms with Crippen LogP contribution in [0.25, 0.3) is 5.57 Å². The molecule has 1 aromatic rings. The third kappa shape index (κ3) is 2.70. The third-order valence-corrected chi connectivity index (χ3v) is 4.63. The fourth-order valence-corrected chi connectivity index (χ4v) is 3.28. The second-order valence-corrected chi connectivity index (χ2v) is 6.11. The average Bonchev–Trinajstić information content (AvgIpc) is 3.15. The summed E-state index contributed by atoms with van der Waals surface area (Å²) in [7, 11) is 0. The minimum Gasteiger partial charge on any atom is -0.465 e. The van der Waals surface area contributed by atoms with Crippen LogP contribution in [-0.2, 0) is 9.53 Å². The summed E-state index contributed by atoms with van der Waals surface area (Å²) in [4.78, 5) is 13.4. The number of nitriles is 2. The summed E-state index contributed by atoms with van der Waals surface area (Å²) >= 11 is 5.22. The lowest BCUT2D eigenvalue weighted by molar-refractivity contribution is -0.217. The minimum atomic E-state index is -1.68. The predicted octanol–water partition coefficient (Wildman–Crippen LogP) is -0.695. The summed E-state index contributed by atoms with van der Waals surface area (Å²) in [5, 5.41) is 48.6. The van der Waals surface area contributed by atoms with Crippen molar-refractivity contribution in [1.82, 2.24) is 4.90 Å². The molecule has 2 aliphatic heterocycles. The van der Waals surface area contributed by atoms with Gasteiger partial charge in [0.15, 0.2) is 12.1 Å². The van der Waals surface area contributed by atoms with Crippen LogP contribution in [0.4, 0.5) is 0 Å². The van der Waals surface area contributed by atoms with E-state index in [4.69, 9.17) is 21.4 Å². The Balaban J connectivity index is 2.09. The number of hydrogen-bond donors (Lipinski definition) is 3. The lowest BCUT2D eigenvalue weighted by Crippen LogP contribution is -2.63. The lowest BCUT2D eigenvalue weighted by Gasteiger charge is -2.43. The number of thiocarbonyl (C=S) groups is 1. The number of aliphatic hydroxyl groups is 3. The molecule has 1 amide bonds. The average molecular weight is 375 g/mol. The second-order valence-electron chi connectivity index (χ2n) is 5.73. The highest BCUT2D eigenvalue weighted by molar-refractivity contribution is 7.80. The van der Waals surface area contributed by atoms with E-state index in [1.54, 1.807) is 0 Å². The van der Waals surface area contributed by atoms with E-state index in [0.29, 0.717) is 0 Å². The standard InChI is InChI=1S/C16H13N3O6S/c17-4-7-11(10-2-1-3-24-10)8(5-18)16(26)19(14(7)23)15-13(22)12(21)9(20)6-25-15/h1-3,7,9,12-13,15,20-22H,6H2. The number of nitrogens with zero attached hydrogens (tertiary/aromatic N) is 3. The van der Waals surface area contributed by atoms with Crippen LogP contribution in [-0.4, -0.2) is 62.3 Å². The van der Waals surface area contributed by atoms with Crippen LogP contribution in [0.3, 0.4) is 0 Å². The molecule has 0 saturated carbocycles. The van der Waals surface area contributed by atoms with Crippen molar-refractivity contribution in [1.29, 1.82) is 10.5 Å². The Labute approximate surface area is 152 Å². The maximum atomic E-state index is 12.9. The highest BCUT2D eigenvalue weighted by atomic mass is 32.1. The van der Waals surface area contributed by atoms with E-state index in [1.807, 2.05) is 12.1 Å². The highest BCUT2D eigenvalue weighted by Gasteiger charge is 2.49. The Kier molecular flexibility index (Phi) is 4.87. The fourth-order valence-electron chi connectivity index (χ4n) is 2.93. The molecule has 134 valence electrons. The SMILES string of the molecule is N#CC1=C(c2ccco2)C(C#N)C(=O)N(C2OCC(O)C(O)C2O)C1=S. The Morgan fingerprint density at radius 1 is 1.27 bits per heavy atom. The molecule has 3 N–H and O–H groups in total. The first-order valence-corrected chi connectivity index (χ1v) is 7.94. The zero-order valence-electron chi connectivity index (χ0n) is 13.1. The number of aliphatic hydroxyl groups excluding tert-OH is 3. The molecule has 0 aliphatic carbocycles. The molecule has 10 heteroatoms. The van der Waals surface area contributed by atoms with Gasteiger partial charge in [-0.3, -0.25) is 9.69 Å². The molecule has 5 atom stereocenters. The molecule has 2 aliphatic rings. The number of rotatable bonds is 2. The summed E-state index contributed by atoms with van der Waals surface area (Å²) < 4.78 is 10.5. The maximum Gasteiger partial charge on any atom is 0.251 e. The van der Waals surface area contributed by atoms with Crippen LogP contribution >= 0.6 is 12.2 Å². The Hall–Kier alpha value is -2.60. The van der Waals surface area contributed by atoms with Gasteiger partial charge in [0.2, 0.25) is 0 Å². The predicted molar refractivity (Wildman–Crippen MR) is 87.5 cm³/mol. The van der Waals surface area contributed by atoms with Gasteiger partial charge < -0.3 is 24.5 Å². The smallest absolute Gasteiger partial charge is 0.251 e. The van der Waals surface area contributed by atoms with Gasteiger partial charge in [-0.15, -0.1) is 0 Å². The summed E-state index contributed by atoms with van der Waals surface area (Å²) in [5.41, 5.74) is -0.102. The highest BCUT2D eigenvalue weighted by Crippen LogP contribution is 2.36. The summed E-state index contributed by atoms with van der Waals surface area (Å²) in [6.07, 6.45) is -4.70. The number of hydrogen-bond acceptors (Lipinski definition) is 9. The van der Waals surface area contributed by atoms with Crippen LogP contribution in [0.1, 0.15) is 5.76 Å². The number of ether oxygens (including phenoxy) is 1. The number of furan rings is 1. The van der Waals surface area contributed by atoms with Crippen molar-refractivity contribution in [2.75, 3.05) is 6.61 Å². The van der Waals surface area contributed by atoms with Crippen LogP contribution in [0.15, 0.2) is 28.4 Å². The van der Waals surface area contributed by atoms with E-state index in [-0.39, 0.29) is 28.5 Å². The molecule has 1 saturated heterocycles. The van der Waals surface area contributed by atoms with Gasteiger partial charge in [0.05, 0.1) is 24.5 Å². The third-order valence-electron chi connectivity index (χ3n) is 4.23. The molecule has 1 fully saturated rings. The molecule has 1 aromatic heterocycles. The van der Waals surface area contributed by atoms with Crippen molar-refractivity contribution < 1.29 is 29.3 Å². The Morgan fingerprint density at radius 3 is 2.58 bits per heavy atom. The van der Waals surface area contributed by atoms with Crippen LogP contribution < -0.4 is 0 Å². The number of amides is 1. The number of carbonyl (C=O) groups excluding carboxylic acids is 1. The second kappa shape index (κ2) is 6.96. The molecular formula is C16H13N3O6S. The van der Waals surface area contributed by atoms with Gasteiger partial charge in [0, 0.05) is 5.57 Å². The van der Waals surface area contributed by atoms with Crippen LogP contribution in [0.2, 0.25) is 0 Å². The molecule has 0 aromatic carbocycles. The largest absolute Gasteiger partial charge is 0.465 e. The quantitative estimate of drug-likeness (QED) is 0.570. The number of carbonyl (C=O) groups is 1. The topological polar surface area (TPSA) is 151 Å². The Bertz CT molecular complexity index is 852.